The molecule has 0 aliphatic carbocycles. The summed E-state index contributed by atoms with van der Waals surface area (Å²) in [6.07, 6.45) is 5.12. The van der Waals surface area contributed by atoms with Gasteiger partial charge in [0.25, 0.3) is 0 Å². The molecular formula is C18H30N2. The van der Waals surface area contributed by atoms with Gasteiger partial charge in [0.2, 0.25) is 0 Å². The quantitative estimate of drug-likeness (QED) is 0.862. The molecule has 2 rings (SSSR count). The molecule has 0 aromatic heterocycles. The second-order valence-electron chi connectivity index (χ2n) is 6.69. The minimum absolute atomic E-state index is 0.590. The standard InChI is InChI=1S/C18H30N2/c1-15(2)12-18(14-19)20-10-8-17(9-11-20)13-16-6-4-3-5-7-16/h3-7,15,17-18H,8-14,19H2,1-2H3. The van der Waals surface area contributed by atoms with Crippen molar-refractivity contribution in [3.8, 4) is 0 Å². The predicted molar refractivity (Wildman–Crippen MR) is 86.7 cm³/mol. The van der Waals surface area contributed by atoms with Gasteiger partial charge in [0, 0.05) is 12.6 Å². The Morgan fingerprint density at radius 1 is 1.15 bits per heavy atom. The molecule has 112 valence electrons. The maximum absolute atomic E-state index is 5.97. The molecule has 2 nitrogen and oxygen atoms in total. The highest BCUT2D eigenvalue weighted by molar-refractivity contribution is 5.15. The van der Waals surface area contributed by atoms with Crippen LogP contribution in [0.4, 0.5) is 0 Å². The smallest absolute Gasteiger partial charge is 0.0220 e. The van der Waals surface area contributed by atoms with Crippen molar-refractivity contribution in [2.75, 3.05) is 19.6 Å². The lowest BCUT2D eigenvalue weighted by Gasteiger charge is -2.38. The van der Waals surface area contributed by atoms with E-state index < -0.39 is 0 Å². The minimum atomic E-state index is 0.590. The lowest BCUT2D eigenvalue weighted by atomic mass is 9.89. The molecule has 20 heavy (non-hydrogen) atoms. The molecule has 0 radical (unpaired) electrons. The summed E-state index contributed by atoms with van der Waals surface area (Å²) < 4.78 is 0. The second-order valence-corrected chi connectivity index (χ2v) is 6.69. The minimum Gasteiger partial charge on any atom is -0.329 e. The first-order chi connectivity index (χ1) is 9.69. The fourth-order valence-corrected chi connectivity index (χ4v) is 3.41. The Hall–Kier alpha value is -0.860. The summed E-state index contributed by atoms with van der Waals surface area (Å²) >= 11 is 0. The molecular weight excluding hydrogens is 244 g/mol. The summed E-state index contributed by atoms with van der Waals surface area (Å²) in [4.78, 5) is 2.63. The third-order valence-electron chi connectivity index (χ3n) is 4.55. The maximum atomic E-state index is 5.97. The van der Waals surface area contributed by atoms with E-state index in [-0.39, 0.29) is 0 Å². The molecule has 0 saturated carbocycles. The van der Waals surface area contributed by atoms with E-state index in [1.807, 2.05) is 0 Å². The van der Waals surface area contributed by atoms with E-state index in [0.29, 0.717) is 6.04 Å². The van der Waals surface area contributed by atoms with Crippen molar-refractivity contribution < 1.29 is 0 Å². The molecule has 0 amide bonds. The van der Waals surface area contributed by atoms with Gasteiger partial charge in [0.15, 0.2) is 0 Å². The molecule has 1 heterocycles. The molecule has 2 heteroatoms. The van der Waals surface area contributed by atoms with Crippen LogP contribution in [0.5, 0.6) is 0 Å². The molecule has 1 fully saturated rings. The summed E-state index contributed by atoms with van der Waals surface area (Å²) in [5.74, 6) is 1.59. The third-order valence-corrected chi connectivity index (χ3v) is 4.55. The van der Waals surface area contributed by atoms with Crippen LogP contribution in [0, 0.1) is 11.8 Å². The van der Waals surface area contributed by atoms with Crippen LogP contribution in [0.1, 0.15) is 38.7 Å². The lowest BCUT2D eigenvalue weighted by molar-refractivity contribution is 0.121. The van der Waals surface area contributed by atoms with Crippen LogP contribution in [0.15, 0.2) is 30.3 Å². The van der Waals surface area contributed by atoms with Crippen LogP contribution in [0.25, 0.3) is 0 Å². The first kappa shape index (κ1) is 15.5. The first-order valence-electron chi connectivity index (χ1n) is 8.17. The highest BCUT2D eigenvalue weighted by atomic mass is 15.2. The highest BCUT2D eigenvalue weighted by Crippen LogP contribution is 2.24. The van der Waals surface area contributed by atoms with Crippen molar-refractivity contribution in [2.45, 2.75) is 45.6 Å². The summed E-state index contributed by atoms with van der Waals surface area (Å²) in [6, 6.07) is 11.5. The van der Waals surface area contributed by atoms with Gasteiger partial charge in [-0.3, -0.25) is 4.90 Å². The molecule has 0 bridgehead atoms. The Bertz CT molecular complexity index is 366. The molecule has 1 atom stereocenters. The van der Waals surface area contributed by atoms with Gasteiger partial charge in [-0.05, 0) is 56.2 Å². The highest BCUT2D eigenvalue weighted by Gasteiger charge is 2.24. The summed E-state index contributed by atoms with van der Waals surface area (Å²) in [5, 5.41) is 0. The molecule has 1 saturated heterocycles. The van der Waals surface area contributed by atoms with Crippen LogP contribution >= 0.6 is 0 Å². The van der Waals surface area contributed by atoms with E-state index in [1.54, 1.807) is 0 Å². The Kier molecular flexibility index (Phi) is 6.06. The monoisotopic (exact) mass is 274 g/mol. The Balaban J connectivity index is 1.79. The number of hydrogen-bond acceptors (Lipinski definition) is 2. The fraction of sp³-hybridized carbons (Fsp3) is 0.667. The molecule has 1 unspecified atom stereocenters. The average molecular weight is 274 g/mol. The molecule has 1 aliphatic heterocycles. The average Bonchev–Trinajstić information content (AvgIpc) is 2.46. The second kappa shape index (κ2) is 7.80. The van der Waals surface area contributed by atoms with Crippen molar-refractivity contribution in [3.63, 3.8) is 0 Å². The zero-order valence-electron chi connectivity index (χ0n) is 13.1. The third kappa shape index (κ3) is 4.60. The van der Waals surface area contributed by atoms with Gasteiger partial charge in [0.1, 0.15) is 0 Å². The summed E-state index contributed by atoms with van der Waals surface area (Å²) in [6.45, 7) is 7.86. The maximum Gasteiger partial charge on any atom is 0.0220 e. The number of nitrogens with zero attached hydrogens (tertiary/aromatic N) is 1. The van der Waals surface area contributed by atoms with Crippen LogP contribution in [-0.2, 0) is 6.42 Å². The number of rotatable bonds is 6. The molecule has 1 aromatic carbocycles. The van der Waals surface area contributed by atoms with E-state index >= 15 is 0 Å². The van der Waals surface area contributed by atoms with Gasteiger partial charge in [0.05, 0.1) is 0 Å². The van der Waals surface area contributed by atoms with E-state index in [0.717, 1.165) is 18.4 Å². The lowest BCUT2D eigenvalue weighted by Crippen LogP contribution is -2.46. The van der Waals surface area contributed by atoms with E-state index in [1.165, 1.54) is 44.3 Å². The van der Waals surface area contributed by atoms with Gasteiger partial charge in [-0.25, -0.2) is 0 Å². The van der Waals surface area contributed by atoms with Crippen molar-refractivity contribution in [1.82, 2.24) is 4.90 Å². The van der Waals surface area contributed by atoms with Crippen LogP contribution in [0.3, 0.4) is 0 Å². The molecule has 2 N–H and O–H groups in total. The SMILES string of the molecule is CC(C)CC(CN)N1CCC(Cc2ccccc2)CC1. The largest absolute Gasteiger partial charge is 0.329 e. The molecule has 0 spiro atoms. The van der Waals surface area contributed by atoms with Crippen molar-refractivity contribution in [2.24, 2.45) is 17.6 Å². The van der Waals surface area contributed by atoms with Crippen molar-refractivity contribution >= 4 is 0 Å². The topological polar surface area (TPSA) is 29.3 Å². The number of hydrogen-bond donors (Lipinski definition) is 1. The van der Waals surface area contributed by atoms with Gasteiger partial charge >= 0.3 is 0 Å². The summed E-state index contributed by atoms with van der Waals surface area (Å²) in [7, 11) is 0. The Morgan fingerprint density at radius 2 is 1.80 bits per heavy atom. The fourth-order valence-electron chi connectivity index (χ4n) is 3.41. The molecule has 1 aliphatic rings. The Labute approximate surface area is 124 Å². The van der Waals surface area contributed by atoms with Gasteiger partial charge < -0.3 is 5.73 Å². The van der Waals surface area contributed by atoms with Crippen molar-refractivity contribution in [1.29, 1.82) is 0 Å². The number of nitrogens with two attached hydrogens (primary N) is 1. The van der Waals surface area contributed by atoms with E-state index in [2.05, 4.69) is 49.1 Å². The predicted octanol–water partition coefficient (Wildman–Crippen LogP) is 3.31. The zero-order chi connectivity index (χ0) is 14.4. The number of benzene rings is 1. The first-order valence-corrected chi connectivity index (χ1v) is 8.17. The van der Waals surface area contributed by atoms with E-state index in [4.69, 9.17) is 5.73 Å². The van der Waals surface area contributed by atoms with Gasteiger partial charge in [-0.1, -0.05) is 44.2 Å². The van der Waals surface area contributed by atoms with Crippen molar-refractivity contribution in [3.05, 3.63) is 35.9 Å². The Morgan fingerprint density at radius 3 is 2.35 bits per heavy atom. The van der Waals surface area contributed by atoms with Crippen LogP contribution < -0.4 is 5.73 Å². The summed E-state index contributed by atoms with van der Waals surface area (Å²) in [5.41, 5.74) is 7.46. The van der Waals surface area contributed by atoms with Gasteiger partial charge in [-0.15, -0.1) is 0 Å². The number of likely N-dealkylation sites (tertiary alicyclic amines) is 1. The van der Waals surface area contributed by atoms with Gasteiger partial charge in [-0.2, -0.15) is 0 Å². The zero-order valence-corrected chi connectivity index (χ0v) is 13.1. The van der Waals surface area contributed by atoms with E-state index in [9.17, 15) is 0 Å². The molecule has 1 aromatic rings. The van der Waals surface area contributed by atoms with Crippen LogP contribution in [0.2, 0.25) is 0 Å². The number of piperidine rings is 1. The van der Waals surface area contributed by atoms with Crippen LogP contribution in [-0.4, -0.2) is 30.6 Å². The normalized spacial score (nSPS) is 19.4.